The van der Waals surface area contributed by atoms with Crippen molar-refractivity contribution in [1.29, 1.82) is 0 Å². The van der Waals surface area contributed by atoms with Crippen LogP contribution in [0.1, 0.15) is 24.0 Å². The van der Waals surface area contributed by atoms with Gasteiger partial charge in [-0.3, -0.25) is 4.90 Å². The number of hydrogen-bond donors (Lipinski definition) is 1. The molecule has 2 rings (SSSR count). The van der Waals surface area contributed by atoms with Crippen LogP contribution < -0.4 is 10.1 Å². The minimum atomic E-state index is 0.648. The van der Waals surface area contributed by atoms with E-state index in [1.165, 1.54) is 30.5 Å². The van der Waals surface area contributed by atoms with Gasteiger partial charge in [0.25, 0.3) is 0 Å². The molecule has 0 saturated carbocycles. The number of piperidine rings is 1. The molecule has 1 fully saturated rings. The molecular formula is C16H26N2O. The number of nitrogens with one attached hydrogen (secondary N) is 1. The third kappa shape index (κ3) is 4.51. The number of hydrogen-bond acceptors (Lipinski definition) is 3. The third-order valence-corrected chi connectivity index (χ3v) is 3.79. The highest BCUT2D eigenvalue weighted by molar-refractivity contribution is 5.32. The lowest BCUT2D eigenvalue weighted by Gasteiger charge is -2.32. The van der Waals surface area contributed by atoms with Crippen LogP contribution in [-0.4, -0.2) is 44.2 Å². The number of likely N-dealkylation sites (tertiary alicyclic amines) is 1. The molecule has 0 aliphatic carbocycles. The van der Waals surface area contributed by atoms with Gasteiger partial charge < -0.3 is 10.1 Å². The first kappa shape index (κ1) is 14.4. The Hall–Kier alpha value is -1.06. The molecule has 1 saturated heterocycles. The Balaban J connectivity index is 1.76. The second kappa shape index (κ2) is 6.92. The topological polar surface area (TPSA) is 24.5 Å². The molecule has 3 heteroatoms. The van der Waals surface area contributed by atoms with E-state index in [0.717, 1.165) is 25.4 Å². The number of benzene rings is 1. The molecule has 0 aromatic heterocycles. The summed E-state index contributed by atoms with van der Waals surface area (Å²) in [7, 11) is 2.06. The van der Waals surface area contributed by atoms with Gasteiger partial charge in [0.1, 0.15) is 12.4 Å². The fraction of sp³-hybridized carbons (Fsp3) is 0.625. The fourth-order valence-corrected chi connectivity index (χ4v) is 2.80. The molecule has 0 spiro atoms. The number of aryl methyl sites for hydroxylation is 2. The molecule has 1 aliphatic rings. The largest absolute Gasteiger partial charge is 0.492 e. The average molecular weight is 262 g/mol. The van der Waals surface area contributed by atoms with E-state index in [1.54, 1.807) is 0 Å². The Kier molecular flexibility index (Phi) is 5.23. The van der Waals surface area contributed by atoms with Crippen molar-refractivity contribution in [2.45, 2.75) is 32.7 Å². The van der Waals surface area contributed by atoms with Crippen molar-refractivity contribution in [2.24, 2.45) is 0 Å². The lowest BCUT2D eigenvalue weighted by Crippen LogP contribution is -2.45. The SMILES string of the molecule is CNC1CCCN(CCOc2cc(C)cc(C)c2)C1. The van der Waals surface area contributed by atoms with Crippen molar-refractivity contribution >= 4 is 0 Å². The van der Waals surface area contributed by atoms with Gasteiger partial charge in [0.15, 0.2) is 0 Å². The van der Waals surface area contributed by atoms with Crippen LogP contribution in [0, 0.1) is 13.8 Å². The Morgan fingerprint density at radius 1 is 1.26 bits per heavy atom. The molecule has 0 bridgehead atoms. The number of rotatable bonds is 5. The fourth-order valence-electron chi connectivity index (χ4n) is 2.80. The standard InChI is InChI=1S/C16H26N2O/c1-13-9-14(2)11-16(10-13)19-8-7-18-6-4-5-15(12-18)17-3/h9-11,15,17H,4-8,12H2,1-3H3. The molecule has 106 valence electrons. The van der Waals surface area contributed by atoms with Gasteiger partial charge in [-0.25, -0.2) is 0 Å². The minimum Gasteiger partial charge on any atom is -0.492 e. The molecule has 1 heterocycles. The quantitative estimate of drug-likeness (QED) is 0.881. The normalized spacial score (nSPS) is 20.5. The first-order valence-electron chi connectivity index (χ1n) is 7.28. The maximum Gasteiger partial charge on any atom is 0.119 e. The second-order valence-electron chi connectivity index (χ2n) is 5.60. The summed E-state index contributed by atoms with van der Waals surface area (Å²) < 4.78 is 5.88. The summed E-state index contributed by atoms with van der Waals surface area (Å²) in [6.45, 7) is 8.37. The van der Waals surface area contributed by atoms with Crippen molar-refractivity contribution in [3.8, 4) is 5.75 Å². The van der Waals surface area contributed by atoms with Crippen LogP contribution in [0.2, 0.25) is 0 Å². The summed E-state index contributed by atoms with van der Waals surface area (Å²) in [5, 5.41) is 3.37. The lowest BCUT2D eigenvalue weighted by atomic mass is 10.1. The van der Waals surface area contributed by atoms with Gasteiger partial charge in [-0.05, 0) is 63.5 Å². The first-order chi connectivity index (χ1) is 9.17. The van der Waals surface area contributed by atoms with E-state index >= 15 is 0 Å². The Labute approximate surface area is 116 Å². The number of nitrogens with zero attached hydrogens (tertiary/aromatic N) is 1. The molecule has 1 N–H and O–H groups in total. The van der Waals surface area contributed by atoms with Crippen LogP contribution in [-0.2, 0) is 0 Å². The van der Waals surface area contributed by atoms with Crippen molar-refractivity contribution in [3.63, 3.8) is 0 Å². The average Bonchev–Trinajstić information content (AvgIpc) is 2.38. The third-order valence-electron chi connectivity index (χ3n) is 3.79. The highest BCUT2D eigenvalue weighted by atomic mass is 16.5. The number of ether oxygens (including phenoxy) is 1. The van der Waals surface area contributed by atoms with E-state index in [4.69, 9.17) is 4.74 Å². The van der Waals surface area contributed by atoms with Crippen LogP contribution >= 0.6 is 0 Å². The van der Waals surface area contributed by atoms with E-state index in [0.29, 0.717) is 6.04 Å². The highest BCUT2D eigenvalue weighted by Crippen LogP contribution is 2.16. The van der Waals surface area contributed by atoms with Gasteiger partial charge in [0.05, 0.1) is 0 Å². The first-order valence-corrected chi connectivity index (χ1v) is 7.28. The van der Waals surface area contributed by atoms with E-state index in [2.05, 4.69) is 49.3 Å². The Bertz CT molecular complexity index is 385. The zero-order chi connectivity index (χ0) is 13.7. The predicted octanol–water partition coefficient (Wildman–Crippen LogP) is 2.37. The molecule has 0 radical (unpaired) electrons. The number of likely N-dealkylation sites (N-methyl/N-ethyl adjacent to an activating group) is 1. The maximum atomic E-state index is 5.88. The van der Waals surface area contributed by atoms with Gasteiger partial charge >= 0.3 is 0 Å². The van der Waals surface area contributed by atoms with Gasteiger partial charge in [0.2, 0.25) is 0 Å². The summed E-state index contributed by atoms with van der Waals surface area (Å²) in [5.41, 5.74) is 2.53. The summed E-state index contributed by atoms with van der Waals surface area (Å²) >= 11 is 0. The Morgan fingerprint density at radius 2 is 2.00 bits per heavy atom. The van der Waals surface area contributed by atoms with Crippen molar-refractivity contribution in [1.82, 2.24) is 10.2 Å². The summed E-state index contributed by atoms with van der Waals surface area (Å²) in [6.07, 6.45) is 2.58. The maximum absolute atomic E-state index is 5.88. The molecule has 19 heavy (non-hydrogen) atoms. The van der Waals surface area contributed by atoms with E-state index in [-0.39, 0.29) is 0 Å². The van der Waals surface area contributed by atoms with E-state index < -0.39 is 0 Å². The lowest BCUT2D eigenvalue weighted by molar-refractivity contribution is 0.162. The molecule has 1 aromatic carbocycles. The van der Waals surface area contributed by atoms with Crippen molar-refractivity contribution in [2.75, 3.05) is 33.3 Å². The van der Waals surface area contributed by atoms with Gasteiger partial charge in [-0.1, -0.05) is 6.07 Å². The second-order valence-corrected chi connectivity index (χ2v) is 5.60. The van der Waals surface area contributed by atoms with E-state index in [1.807, 2.05) is 0 Å². The van der Waals surface area contributed by atoms with Gasteiger partial charge in [-0.2, -0.15) is 0 Å². The van der Waals surface area contributed by atoms with Crippen LogP contribution in [0.15, 0.2) is 18.2 Å². The van der Waals surface area contributed by atoms with Crippen molar-refractivity contribution < 1.29 is 4.74 Å². The molecule has 0 amide bonds. The van der Waals surface area contributed by atoms with Crippen LogP contribution in [0.3, 0.4) is 0 Å². The highest BCUT2D eigenvalue weighted by Gasteiger charge is 2.17. The van der Waals surface area contributed by atoms with Crippen molar-refractivity contribution in [3.05, 3.63) is 29.3 Å². The molecule has 1 unspecified atom stereocenters. The molecule has 3 nitrogen and oxygen atoms in total. The van der Waals surface area contributed by atoms with Crippen LogP contribution in [0.5, 0.6) is 5.75 Å². The molecule has 1 atom stereocenters. The Morgan fingerprint density at radius 3 is 2.68 bits per heavy atom. The van der Waals surface area contributed by atoms with Gasteiger partial charge in [-0.15, -0.1) is 0 Å². The summed E-state index contributed by atoms with van der Waals surface area (Å²) in [6, 6.07) is 7.05. The van der Waals surface area contributed by atoms with Crippen LogP contribution in [0.25, 0.3) is 0 Å². The summed E-state index contributed by atoms with van der Waals surface area (Å²) in [4.78, 5) is 2.49. The minimum absolute atomic E-state index is 0.648. The molecule has 1 aliphatic heterocycles. The van der Waals surface area contributed by atoms with Crippen LogP contribution in [0.4, 0.5) is 0 Å². The molecular weight excluding hydrogens is 236 g/mol. The monoisotopic (exact) mass is 262 g/mol. The zero-order valence-corrected chi connectivity index (χ0v) is 12.4. The molecule has 1 aromatic rings. The predicted molar refractivity (Wildman–Crippen MR) is 79.9 cm³/mol. The zero-order valence-electron chi connectivity index (χ0n) is 12.4. The van der Waals surface area contributed by atoms with E-state index in [9.17, 15) is 0 Å². The summed E-state index contributed by atoms with van der Waals surface area (Å²) in [5.74, 6) is 1.000. The van der Waals surface area contributed by atoms with Gasteiger partial charge in [0, 0.05) is 19.1 Å². The smallest absolute Gasteiger partial charge is 0.119 e.